The van der Waals surface area contributed by atoms with Gasteiger partial charge < -0.3 is 10.6 Å². The number of benzene rings is 1. The summed E-state index contributed by atoms with van der Waals surface area (Å²) >= 11 is 7.31. The van der Waals surface area contributed by atoms with E-state index in [2.05, 4.69) is 10.6 Å². The van der Waals surface area contributed by atoms with Gasteiger partial charge in [-0.15, -0.1) is 0 Å². The third-order valence-electron chi connectivity index (χ3n) is 2.59. The molecule has 4 heteroatoms. The van der Waals surface area contributed by atoms with Gasteiger partial charge in [0.2, 0.25) is 0 Å². The number of thiocarbonyl (C=S) groups is 1. The number of hydrogen-bond donors (Lipinski definition) is 2. The van der Waals surface area contributed by atoms with Gasteiger partial charge >= 0.3 is 0 Å². The van der Waals surface area contributed by atoms with Gasteiger partial charge in [-0.1, -0.05) is 18.2 Å². The minimum Gasteiger partial charge on any atom is -0.360 e. The van der Waals surface area contributed by atoms with Gasteiger partial charge in [0.15, 0.2) is 5.11 Å². The van der Waals surface area contributed by atoms with Crippen LogP contribution in [0.4, 0.5) is 5.69 Å². The van der Waals surface area contributed by atoms with Gasteiger partial charge in [0.25, 0.3) is 0 Å². The third-order valence-corrected chi connectivity index (χ3v) is 3.86. The van der Waals surface area contributed by atoms with Crippen LogP contribution in [0.5, 0.6) is 0 Å². The molecule has 0 amide bonds. The highest BCUT2D eigenvalue weighted by molar-refractivity contribution is 7.99. The Morgan fingerprint density at radius 3 is 2.56 bits per heavy atom. The van der Waals surface area contributed by atoms with E-state index in [0.717, 1.165) is 10.8 Å². The molecule has 1 fully saturated rings. The zero-order valence-corrected chi connectivity index (χ0v) is 10.7. The minimum atomic E-state index is 0.546. The molecule has 1 aromatic carbocycles. The van der Waals surface area contributed by atoms with Gasteiger partial charge in [-0.2, -0.15) is 11.8 Å². The SMILES string of the molecule is S=C(Nc1ccccc1)NC1CCSCC1. The Hall–Kier alpha value is -0.740. The summed E-state index contributed by atoms with van der Waals surface area (Å²) in [4.78, 5) is 0. The Kier molecular flexibility index (Phi) is 4.48. The molecule has 0 aliphatic carbocycles. The summed E-state index contributed by atoms with van der Waals surface area (Å²) < 4.78 is 0. The van der Waals surface area contributed by atoms with E-state index in [1.807, 2.05) is 42.1 Å². The molecule has 2 N–H and O–H groups in total. The molecule has 0 saturated carbocycles. The van der Waals surface area contributed by atoms with Gasteiger partial charge in [-0.3, -0.25) is 0 Å². The molecule has 1 aliphatic heterocycles. The number of nitrogens with one attached hydrogen (secondary N) is 2. The van der Waals surface area contributed by atoms with Gasteiger partial charge in [0.05, 0.1) is 0 Å². The standard InChI is InChI=1S/C12H16N2S2/c15-12(13-10-4-2-1-3-5-10)14-11-6-8-16-9-7-11/h1-5,11H,6-9H2,(H2,13,14,15). The van der Waals surface area contributed by atoms with Crippen molar-refractivity contribution in [3.63, 3.8) is 0 Å². The van der Waals surface area contributed by atoms with Crippen LogP contribution in [0.1, 0.15) is 12.8 Å². The molecule has 86 valence electrons. The Morgan fingerprint density at radius 2 is 1.88 bits per heavy atom. The normalized spacial score (nSPS) is 16.8. The summed E-state index contributed by atoms with van der Waals surface area (Å²) in [6.07, 6.45) is 2.42. The zero-order chi connectivity index (χ0) is 11.2. The Morgan fingerprint density at radius 1 is 1.19 bits per heavy atom. The summed E-state index contributed by atoms with van der Waals surface area (Å²) in [6, 6.07) is 10.6. The maximum atomic E-state index is 5.29. The van der Waals surface area contributed by atoms with E-state index in [4.69, 9.17) is 12.2 Å². The number of anilines is 1. The predicted molar refractivity (Wildman–Crippen MR) is 76.1 cm³/mol. The molecule has 1 heterocycles. The molecule has 16 heavy (non-hydrogen) atoms. The predicted octanol–water partition coefficient (Wildman–Crippen LogP) is 2.87. The summed E-state index contributed by atoms with van der Waals surface area (Å²) in [5, 5.41) is 7.32. The van der Waals surface area contributed by atoms with Gasteiger partial charge in [-0.25, -0.2) is 0 Å². The molecule has 0 atom stereocenters. The Bertz CT molecular complexity index is 334. The lowest BCUT2D eigenvalue weighted by atomic mass is 10.2. The van der Waals surface area contributed by atoms with Crippen molar-refractivity contribution in [3.8, 4) is 0 Å². The molecule has 2 rings (SSSR count). The first kappa shape index (κ1) is 11.7. The second kappa shape index (κ2) is 6.11. The highest BCUT2D eigenvalue weighted by atomic mass is 32.2. The number of para-hydroxylation sites is 1. The van der Waals surface area contributed by atoms with Crippen molar-refractivity contribution >= 4 is 34.8 Å². The van der Waals surface area contributed by atoms with Crippen molar-refractivity contribution in [1.82, 2.24) is 5.32 Å². The van der Waals surface area contributed by atoms with Gasteiger partial charge in [0.1, 0.15) is 0 Å². The topological polar surface area (TPSA) is 24.1 Å². The lowest BCUT2D eigenvalue weighted by Gasteiger charge is -2.24. The maximum absolute atomic E-state index is 5.29. The zero-order valence-electron chi connectivity index (χ0n) is 9.11. The van der Waals surface area contributed by atoms with Crippen LogP contribution in [-0.2, 0) is 0 Å². The van der Waals surface area contributed by atoms with Crippen LogP contribution in [0.3, 0.4) is 0 Å². The van der Waals surface area contributed by atoms with Crippen LogP contribution in [0.25, 0.3) is 0 Å². The molecule has 1 aliphatic rings. The molecule has 1 aromatic rings. The smallest absolute Gasteiger partial charge is 0.170 e. The van der Waals surface area contributed by atoms with E-state index in [0.29, 0.717) is 6.04 Å². The number of thioether (sulfide) groups is 1. The van der Waals surface area contributed by atoms with Crippen molar-refractivity contribution < 1.29 is 0 Å². The van der Waals surface area contributed by atoms with Crippen LogP contribution in [0, 0.1) is 0 Å². The molecular formula is C12H16N2S2. The summed E-state index contributed by atoms with van der Waals surface area (Å²) in [6.45, 7) is 0. The molecule has 2 nitrogen and oxygen atoms in total. The molecule has 0 aromatic heterocycles. The van der Waals surface area contributed by atoms with Crippen LogP contribution in [0.15, 0.2) is 30.3 Å². The molecule has 1 saturated heterocycles. The third kappa shape index (κ3) is 3.68. The average Bonchev–Trinajstić information content (AvgIpc) is 2.31. The molecule has 0 spiro atoms. The Balaban J connectivity index is 1.80. The number of hydrogen-bond acceptors (Lipinski definition) is 2. The van der Waals surface area contributed by atoms with E-state index in [-0.39, 0.29) is 0 Å². The summed E-state index contributed by atoms with van der Waals surface area (Å²) in [5.74, 6) is 2.48. The highest BCUT2D eigenvalue weighted by Gasteiger charge is 2.13. The fraction of sp³-hybridized carbons (Fsp3) is 0.417. The lowest BCUT2D eigenvalue weighted by Crippen LogP contribution is -2.39. The van der Waals surface area contributed by atoms with E-state index in [1.165, 1.54) is 24.3 Å². The average molecular weight is 252 g/mol. The fourth-order valence-corrected chi connectivity index (χ4v) is 3.11. The van der Waals surface area contributed by atoms with Gasteiger partial charge in [0, 0.05) is 11.7 Å². The van der Waals surface area contributed by atoms with Crippen molar-refractivity contribution in [3.05, 3.63) is 30.3 Å². The first-order valence-corrected chi connectivity index (χ1v) is 7.11. The van der Waals surface area contributed by atoms with Crippen molar-refractivity contribution in [2.75, 3.05) is 16.8 Å². The van der Waals surface area contributed by atoms with Crippen molar-refractivity contribution in [2.45, 2.75) is 18.9 Å². The second-order valence-corrected chi connectivity index (χ2v) is 5.48. The highest BCUT2D eigenvalue weighted by Crippen LogP contribution is 2.17. The van der Waals surface area contributed by atoms with E-state index in [9.17, 15) is 0 Å². The second-order valence-electron chi connectivity index (χ2n) is 3.85. The van der Waals surface area contributed by atoms with E-state index in [1.54, 1.807) is 0 Å². The first-order chi connectivity index (χ1) is 7.84. The monoisotopic (exact) mass is 252 g/mol. The van der Waals surface area contributed by atoms with Gasteiger partial charge in [-0.05, 0) is 48.7 Å². The molecule has 0 unspecified atom stereocenters. The van der Waals surface area contributed by atoms with Crippen LogP contribution in [-0.4, -0.2) is 22.7 Å². The molecule has 0 bridgehead atoms. The van der Waals surface area contributed by atoms with Crippen molar-refractivity contribution in [2.24, 2.45) is 0 Å². The van der Waals surface area contributed by atoms with E-state index >= 15 is 0 Å². The van der Waals surface area contributed by atoms with Crippen LogP contribution >= 0.6 is 24.0 Å². The van der Waals surface area contributed by atoms with Crippen LogP contribution < -0.4 is 10.6 Å². The fourth-order valence-electron chi connectivity index (χ4n) is 1.72. The van der Waals surface area contributed by atoms with Crippen LogP contribution in [0.2, 0.25) is 0 Å². The lowest BCUT2D eigenvalue weighted by molar-refractivity contribution is 0.570. The minimum absolute atomic E-state index is 0.546. The molecular weight excluding hydrogens is 236 g/mol. The summed E-state index contributed by atoms with van der Waals surface area (Å²) in [5.41, 5.74) is 1.05. The first-order valence-electron chi connectivity index (χ1n) is 5.55. The summed E-state index contributed by atoms with van der Waals surface area (Å²) in [7, 11) is 0. The molecule has 0 radical (unpaired) electrons. The van der Waals surface area contributed by atoms with Crippen molar-refractivity contribution in [1.29, 1.82) is 0 Å². The van der Waals surface area contributed by atoms with E-state index < -0.39 is 0 Å². The quantitative estimate of drug-likeness (QED) is 0.790. The largest absolute Gasteiger partial charge is 0.360 e. The Labute approximate surface area is 106 Å². The number of rotatable bonds is 2. The maximum Gasteiger partial charge on any atom is 0.170 e.